The molecule has 5 heteroatoms. The van der Waals surface area contributed by atoms with Crippen molar-refractivity contribution in [2.45, 2.75) is 12.8 Å². The van der Waals surface area contributed by atoms with Crippen molar-refractivity contribution >= 4 is 6.29 Å². The highest BCUT2D eigenvalue weighted by Crippen LogP contribution is 2.26. The van der Waals surface area contributed by atoms with Crippen molar-refractivity contribution in [1.29, 1.82) is 0 Å². The average Bonchev–Trinajstić information content (AvgIpc) is 3.17. The van der Waals surface area contributed by atoms with E-state index >= 15 is 0 Å². The van der Waals surface area contributed by atoms with Crippen LogP contribution in [0.15, 0.2) is 72.8 Å². The number of hydrogen-bond donors (Lipinski definition) is 0. The predicted molar refractivity (Wildman–Crippen MR) is 100 cm³/mol. The van der Waals surface area contributed by atoms with Gasteiger partial charge in [-0.1, -0.05) is 66.8 Å². The normalized spacial score (nSPS) is 15.9. The van der Waals surface area contributed by atoms with Crippen LogP contribution in [0, 0.1) is 5.92 Å². The van der Waals surface area contributed by atoms with Gasteiger partial charge < -0.3 is 0 Å². The van der Waals surface area contributed by atoms with Crippen molar-refractivity contribution < 1.29 is 4.79 Å². The number of benzene rings is 2. The van der Waals surface area contributed by atoms with Crippen molar-refractivity contribution in [2.24, 2.45) is 5.92 Å². The molecule has 26 heavy (non-hydrogen) atoms. The van der Waals surface area contributed by atoms with Crippen molar-refractivity contribution in [2.75, 3.05) is 0 Å². The standard InChI is InChI=1S/C21H18N4O/c26-15-17-10-12-18(13-11-17)19-8-4-5-9-20(19)25-23-21(22-24-25)14-16-6-2-1-3-7-16/h1-6,8-13,15-16H,7,14H2. The molecule has 1 aliphatic rings. The molecular weight excluding hydrogens is 324 g/mol. The second-order valence-electron chi connectivity index (χ2n) is 6.27. The molecule has 0 spiro atoms. The number of carbonyl (C=O) groups excluding carboxylic acids is 1. The van der Waals surface area contributed by atoms with Crippen LogP contribution in [0.4, 0.5) is 0 Å². The first kappa shape index (κ1) is 16.1. The number of para-hydroxylation sites is 1. The number of tetrazole rings is 1. The van der Waals surface area contributed by atoms with Gasteiger partial charge in [-0.3, -0.25) is 4.79 Å². The molecule has 4 rings (SSSR count). The van der Waals surface area contributed by atoms with E-state index in [1.807, 2.05) is 48.5 Å². The van der Waals surface area contributed by atoms with Crippen LogP contribution in [0.5, 0.6) is 0 Å². The van der Waals surface area contributed by atoms with Gasteiger partial charge in [-0.05, 0) is 29.2 Å². The van der Waals surface area contributed by atoms with Gasteiger partial charge in [-0.15, -0.1) is 15.0 Å². The maximum atomic E-state index is 10.9. The molecule has 0 bridgehead atoms. The topological polar surface area (TPSA) is 60.7 Å². The van der Waals surface area contributed by atoms with Crippen LogP contribution in [0.2, 0.25) is 0 Å². The molecule has 0 N–H and O–H groups in total. The Bertz CT molecular complexity index is 970. The highest BCUT2D eigenvalue weighted by Gasteiger charge is 2.14. The van der Waals surface area contributed by atoms with Crippen molar-refractivity contribution in [3.63, 3.8) is 0 Å². The van der Waals surface area contributed by atoms with Crippen molar-refractivity contribution in [3.05, 3.63) is 84.2 Å². The molecule has 1 aliphatic carbocycles. The van der Waals surface area contributed by atoms with Gasteiger partial charge in [-0.25, -0.2) is 0 Å². The zero-order valence-electron chi connectivity index (χ0n) is 14.2. The van der Waals surface area contributed by atoms with E-state index in [-0.39, 0.29) is 0 Å². The Balaban J connectivity index is 1.63. The number of aldehydes is 1. The van der Waals surface area contributed by atoms with E-state index in [0.29, 0.717) is 11.5 Å². The first-order chi connectivity index (χ1) is 12.8. The SMILES string of the molecule is O=Cc1ccc(-c2ccccc2-n2nnc(CC3C=CC=CC3)n2)cc1. The van der Waals surface area contributed by atoms with E-state index in [1.165, 1.54) is 0 Å². The van der Waals surface area contributed by atoms with Gasteiger partial charge in [0, 0.05) is 17.5 Å². The first-order valence-electron chi connectivity index (χ1n) is 8.61. The summed E-state index contributed by atoms with van der Waals surface area (Å²) in [5.41, 5.74) is 3.52. The van der Waals surface area contributed by atoms with Gasteiger partial charge >= 0.3 is 0 Å². The minimum absolute atomic E-state index is 0.420. The molecule has 128 valence electrons. The largest absolute Gasteiger partial charge is 0.298 e. The van der Waals surface area contributed by atoms with E-state index in [0.717, 1.165) is 41.8 Å². The van der Waals surface area contributed by atoms with E-state index < -0.39 is 0 Å². The Labute approximate surface area is 151 Å². The van der Waals surface area contributed by atoms with Crippen LogP contribution in [0.25, 0.3) is 16.8 Å². The second-order valence-corrected chi connectivity index (χ2v) is 6.27. The molecule has 3 aromatic rings. The van der Waals surface area contributed by atoms with Crippen LogP contribution in [-0.4, -0.2) is 26.5 Å². The fourth-order valence-corrected chi connectivity index (χ4v) is 3.08. The lowest BCUT2D eigenvalue weighted by atomic mass is 9.97. The predicted octanol–water partition coefficient (Wildman–Crippen LogP) is 3.82. The molecule has 1 aromatic heterocycles. The number of hydrogen-bond acceptors (Lipinski definition) is 4. The van der Waals surface area contributed by atoms with E-state index in [4.69, 9.17) is 0 Å². The number of nitrogens with zero attached hydrogens (tertiary/aromatic N) is 4. The smallest absolute Gasteiger partial charge is 0.175 e. The molecule has 2 aromatic carbocycles. The van der Waals surface area contributed by atoms with Gasteiger partial charge in [-0.2, -0.15) is 0 Å². The fraction of sp³-hybridized carbons (Fsp3) is 0.143. The molecular formula is C21H18N4O. The van der Waals surface area contributed by atoms with Gasteiger partial charge in [0.2, 0.25) is 0 Å². The Morgan fingerprint density at radius 2 is 1.92 bits per heavy atom. The molecule has 1 atom stereocenters. The fourth-order valence-electron chi connectivity index (χ4n) is 3.08. The summed E-state index contributed by atoms with van der Waals surface area (Å²) in [5.74, 6) is 1.16. The van der Waals surface area contributed by atoms with Crippen molar-refractivity contribution in [1.82, 2.24) is 20.2 Å². The van der Waals surface area contributed by atoms with Gasteiger partial charge in [0.25, 0.3) is 0 Å². The van der Waals surface area contributed by atoms with Crippen LogP contribution < -0.4 is 0 Å². The third-order valence-electron chi connectivity index (χ3n) is 4.45. The highest BCUT2D eigenvalue weighted by atomic mass is 16.1. The molecule has 5 nitrogen and oxygen atoms in total. The molecule has 0 aliphatic heterocycles. The monoisotopic (exact) mass is 342 g/mol. The Hall–Kier alpha value is -3.34. The minimum Gasteiger partial charge on any atom is -0.298 e. The molecule has 0 radical (unpaired) electrons. The number of carbonyl (C=O) groups is 1. The lowest BCUT2D eigenvalue weighted by molar-refractivity contribution is 0.112. The lowest BCUT2D eigenvalue weighted by Crippen LogP contribution is -2.05. The van der Waals surface area contributed by atoms with Gasteiger partial charge in [0.05, 0.1) is 5.69 Å². The molecule has 0 saturated heterocycles. The van der Waals surface area contributed by atoms with Crippen LogP contribution in [0.3, 0.4) is 0 Å². The van der Waals surface area contributed by atoms with Crippen LogP contribution >= 0.6 is 0 Å². The summed E-state index contributed by atoms with van der Waals surface area (Å²) in [6.07, 6.45) is 11.1. The number of allylic oxidation sites excluding steroid dienone is 4. The summed E-state index contributed by atoms with van der Waals surface area (Å²) in [6, 6.07) is 15.4. The Morgan fingerprint density at radius 3 is 2.69 bits per heavy atom. The molecule has 1 heterocycles. The minimum atomic E-state index is 0.420. The van der Waals surface area contributed by atoms with E-state index in [2.05, 4.69) is 39.7 Å². The number of rotatable bonds is 5. The molecule has 0 amide bonds. The number of aromatic nitrogens is 4. The Morgan fingerprint density at radius 1 is 1.08 bits per heavy atom. The molecule has 0 saturated carbocycles. The Kier molecular flexibility index (Phi) is 4.51. The molecule has 0 fully saturated rings. The summed E-state index contributed by atoms with van der Waals surface area (Å²) < 4.78 is 0. The molecule has 1 unspecified atom stereocenters. The van der Waals surface area contributed by atoms with Crippen LogP contribution in [-0.2, 0) is 6.42 Å². The average molecular weight is 342 g/mol. The summed E-state index contributed by atoms with van der Waals surface area (Å²) in [6.45, 7) is 0. The maximum absolute atomic E-state index is 10.9. The summed E-state index contributed by atoms with van der Waals surface area (Å²) in [5, 5.41) is 13.1. The highest BCUT2D eigenvalue weighted by molar-refractivity contribution is 5.78. The second kappa shape index (κ2) is 7.27. The third kappa shape index (κ3) is 3.37. The van der Waals surface area contributed by atoms with Crippen molar-refractivity contribution in [3.8, 4) is 16.8 Å². The van der Waals surface area contributed by atoms with E-state index in [9.17, 15) is 4.79 Å². The van der Waals surface area contributed by atoms with Gasteiger partial charge in [0.15, 0.2) is 5.82 Å². The quantitative estimate of drug-likeness (QED) is 0.662. The summed E-state index contributed by atoms with van der Waals surface area (Å²) >= 11 is 0. The lowest BCUT2D eigenvalue weighted by Gasteiger charge is -2.10. The van der Waals surface area contributed by atoms with Gasteiger partial charge in [0.1, 0.15) is 6.29 Å². The third-order valence-corrected chi connectivity index (χ3v) is 4.45. The summed E-state index contributed by atoms with van der Waals surface area (Å²) in [4.78, 5) is 12.5. The first-order valence-corrected chi connectivity index (χ1v) is 8.61. The maximum Gasteiger partial charge on any atom is 0.175 e. The van der Waals surface area contributed by atoms with Crippen LogP contribution in [0.1, 0.15) is 22.6 Å². The van der Waals surface area contributed by atoms with E-state index in [1.54, 1.807) is 4.80 Å². The zero-order valence-corrected chi connectivity index (χ0v) is 14.2. The summed E-state index contributed by atoms with van der Waals surface area (Å²) in [7, 11) is 0. The zero-order chi connectivity index (χ0) is 17.8.